The summed E-state index contributed by atoms with van der Waals surface area (Å²) in [6.45, 7) is 5.08. The normalized spacial score (nSPS) is 12.7. The van der Waals surface area contributed by atoms with Crippen molar-refractivity contribution in [2.75, 3.05) is 6.54 Å². The maximum absolute atomic E-state index is 6.24. The van der Waals surface area contributed by atoms with Crippen molar-refractivity contribution in [1.82, 2.24) is 5.32 Å². The third-order valence-electron chi connectivity index (χ3n) is 3.02. The van der Waals surface area contributed by atoms with Crippen molar-refractivity contribution in [3.8, 4) is 0 Å². The summed E-state index contributed by atoms with van der Waals surface area (Å²) in [4.78, 5) is 0. The fourth-order valence-corrected chi connectivity index (χ4v) is 5.16. The van der Waals surface area contributed by atoms with Crippen LogP contribution >= 0.6 is 54.8 Å². The second kappa shape index (κ2) is 6.72. The van der Waals surface area contributed by atoms with Crippen LogP contribution in [0.5, 0.6) is 0 Å². The van der Waals surface area contributed by atoms with Crippen LogP contribution < -0.4 is 5.32 Å². The Hall–Kier alpha value is 0.130. The van der Waals surface area contributed by atoms with E-state index in [1.807, 2.05) is 12.1 Å². The molecule has 1 nitrogen and oxygen atoms in total. The molecule has 1 heterocycles. The molecule has 1 aromatic carbocycles. The minimum Gasteiger partial charge on any atom is -0.306 e. The molecular weight excluding hydrogens is 409 g/mol. The highest BCUT2D eigenvalue weighted by atomic mass is 79.9. The molecule has 0 spiro atoms. The molecule has 0 amide bonds. The fraction of sp³-hybridized carbons (Fsp3) is 0.286. The van der Waals surface area contributed by atoms with Gasteiger partial charge in [0.15, 0.2) is 0 Å². The summed E-state index contributed by atoms with van der Waals surface area (Å²) < 4.78 is 2.27. The highest BCUT2D eigenvalue weighted by Crippen LogP contribution is 2.39. The van der Waals surface area contributed by atoms with Gasteiger partial charge >= 0.3 is 0 Å². The molecule has 0 aliphatic heterocycles. The Morgan fingerprint density at radius 1 is 1.32 bits per heavy atom. The number of thiophene rings is 1. The molecule has 0 bridgehead atoms. The second-order valence-corrected chi connectivity index (χ2v) is 8.38. The van der Waals surface area contributed by atoms with E-state index < -0.39 is 0 Å². The number of hydrogen-bond acceptors (Lipinski definition) is 2. The van der Waals surface area contributed by atoms with Crippen molar-refractivity contribution in [1.29, 1.82) is 0 Å². The molecule has 102 valence electrons. The Kier molecular flexibility index (Phi) is 5.49. The zero-order chi connectivity index (χ0) is 14.0. The molecule has 5 heteroatoms. The predicted molar refractivity (Wildman–Crippen MR) is 91.4 cm³/mol. The summed E-state index contributed by atoms with van der Waals surface area (Å²) in [5, 5.41) is 4.35. The topological polar surface area (TPSA) is 12.0 Å². The Morgan fingerprint density at radius 3 is 2.63 bits per heavy atom. The minimum absolute atomic E-state index is 0.153. The molecule has 0 aliphatic carbocycles. The van der Waals surface area contributed by atoms with Crippen molar-refractivity contribution in [3.05, 3.63) is 53.6 Å². The molecule has 1 N–H and O–H groups in total. The van der Waals surface area contributed by atoms with E-state index in [0.717, 1.165) is 24.7 Å². The molecule has 0 aliphatic rings. The van der Waals surface area contributed by atoms with E-state index in [9.17, 15) is 0 Å². The van der Waals surface area contributed by atoms with Crippen molar-refractivity contribution in [3.63, 3.8) is 0 Å². The summed E-state index contributed by atoms with van der Waals surface area (Å²) in [5.41, 5.74) is 3.59. The minimum atomic E-state index is 0.153. The number of benzene rings is 1. The Balaban J connectivity index is 2.51. The molecule has 0 saturated carbocycles. The number of hydrogen-bond donors (Lipinski definition) is 1. The van der Waals surface area contributed by atoms with Gasteiger partial charge in [-0.25, -0.2) is 0 Å². The SMILES string of the molecule is CCNC(c1cc(Br)sc1Br)c1cccc(Cl)c1C. The van der Waals surface area contributed by atoms with E-state index in [1.165, 1.54) is 11.1 Å². The lowest BCUT2D eigenvalue weighted by Gasteiger charge is -2.21. The molecule has 1 unspecified atom stereocenters. The summed E-state index contributed by atoms with van der Waals surface area (Å²) in [5.74, 6) is 0. The zero-order valence-electron chi connectivity index (χ0n) is 10.6. The average Bonchev–Trinajstić information content (AvgIpc) is 2.69. The van der Waals surface area contributed by atoms with E-state index in [2.05, 4.69) is 63.2 Å². The summed E-state index contributed by atoms with van der Waals surface area (Å²) in [7, 11) is 0. The second-order valence-electron chi connectivity index (χ2n) is 4.22. The van der Waals surface area contributed by atoms with Gasteiger partial charge in [0.2, 0.25) is 0 Å². The quantitative estimate of drug-likeness (QED) is 0.642. The van der Waals surface area contributed by atoms with Crippen LogP contribution in [0.25, 0.3) is 0 Å². The highest BCUT2D eigenvalue weighted by Gasteiger charge is 2.20. The lowest BCUT2D eigenvalue weighted by Crippen LogP contribution is -2.22. The molecular formula is C14H14Br2ClNS. The van der Waals surface area contributed by atoms with Gasteiger partial charge in [-0.05, 0) is 74.2 Å². The largest absolute Gasteiger partial charge is 0.306 e. The van der Waals surface area contributed by atoms with Gasteiger partial charge in [-0.15, -0.1) is 11.3 Å². The van der Waals surface area contributed by atoms with Gasteiger partial charge in [0.25, 0.3) is 0 Å². The fourth-order valence-electron chi connectivity index (χ4n) is 2.08. The van der Waals surface area contributed by atoms with Crippen LogP contribution in [0.2, 0.25) is 5.02 Å². The van der Waals surface area contributed by atoms with Gasteiger partial charge < -0.3 is 5.32 Å². The Labute approximate surface area is 139 Å². The van der Waals surface area contributed by atoms with Crippen molar-refractivity contribution < 1.29 is 0 Å². The average molecular weight is 424 g/mol. The first-order valence-corrected chi connectivity index (χ1v) is 8.75. The van der Waals surface area contributed by atoms with Crippen molar-refractivity contribution in [2.24, 2.45) is 0 Å². The number of nitrogens with one attached hydrogen (secondary N) is 1. The van der Waals surface area contributed by atoms with E-state index in [4.69, 9.17) is 11.6 Å². The van der Waals surface area contributed by atoms with Crippen LogP contribution in [0.4, 0.5) is 0 Å². The van der Waals surface area contributed by atoms with Gasteiger partial charge in [-0.1, -0.05) is 30.7 Å². The molecule has 2 aromatic rings. The first kappa shape index (κ1) is 15.5. The zero-order valence-corrected chi connectivity index (χ0v) is 15.4. The van der Waals surface area contributed by atoms with E-state index in [0.29, 0.717) is 0 Å². The molecule has 2 rings (SSSR count). The van der Waals surface area contributed by atoms with Crippen LogP contribution in [0.1, 0.15) is 29.7 Å². The van der Waals surface area contributed by atoms with Crippen LogP contribution in [0, 0.1) is 6.92 Å². The maximum atomic E-state index is 6.24. The molecule has 1 aromatic heterocycles. The number of rotatable bonds is 4. The van der Waals surface area contributed by atoms with Gasteiger partial charge in [-0.3, -0.25) is 0 Å². The van der Waals surface area contributed by atoms with Gasteiger partial charge in [0.05, 0.1) is 13.6 Å². The Morgan fingerprint density at radius 2 is 2.05 bits per heavy atom. The van der Waals surface area contributed by atoms with Gasteiger partial charge in [-0.2, -0.15) is 0 Å². The third kappa shape index (κ3) is 3.42. The summed E-state index contributed by atoms with van der Waals surface area (Å²) in [6, 6.07) is 8.38. The molecule has 0 fully saturated rings. The summed E-state index contributed by atoms with van der Waals surface area (Å²) in [6.07, 6.45) is 0. The highest BCUT2D eigenvalue weighted by molar-refractivity contribution is 9.12. The van der Waals surface area contributed by atoms with Crippen molar-refractivity contribution >= 4 is 54.8 Å². The predicted octanol–water partition coefficient (Wildman–Crippen LogP) is 5.93. The first-order valence-electron chi connectivity index (χ1n) is 5.97. The monoisotopic (exact) mass is 421 g/mol. The molecule has 1 atom stereocenters. The van der Waals surface area contributed by atoms with Gasteiger partial charge in [0, 0.05) is 5.02 Å². The van der Waals surface area contributed by atoms with E-state index in [-0.39, 0.29) is 6.04 Å². The van der Waals surface area contributed by atoms with Crippen LogP contribution in [-0.2, 0) is 0 Å². The standard InChI is InChI=1S/C14H14Br2ClNS/c1-3-18-13(10-7-12(15)19-14(10)16)9-5-4-6-11(17)8(9)2/h4-7,13,18H,3H2,1-2H3. The molecule has 19 heavy (non-hydrogen) atoms. The smallest absolute Gasteiger partial charge is 0.0761 e. The van der Waals surface area contributed by atoms with Crippen LogP contribution in [0.15, 0.2) is 31.8 Å². The maximum Gasteiger partial charge on any atom is 0.0761 e. The lowest BCUT2D eigenvalue weighted by molar-refractivity contribution is 0.627. The molecule has 0 saturated heterocycles. The van der Waals surface area contributed by atoms with Crippen molar-refractivity contribution in [2.45, 2.75) is 19.9 Å². The summed E-state index contributed by atoms with van der Waals surface area (Å²) >= 11 is 15.1. The Bertz CT molecular complexity index is 583. The first-order chi connectivity index (χ1) is 9.04. The van der Waals surface area contributed by atoms with E-state index >= 15 is 0 Å². The van der Waals surface area contributed by atoms with E-state index in [1.54, 1.807) is 11.3 Å². The molecule has 0 radical (unpaired) electrons. The van der Waals surface area contributed by atoms with Crippen LogP contribution in [-0.4, -0.2) is 6.54 Å². The van der Waals surface area contributed by atoms with Crippen LogP contribution in [0.3, 0.4) is 0 Å². The third-order valence-corrected chi connectivity index (χ3v) is 5.82. The number of halogens is 3. The lowest BCUT2D eigenvalue weighted by atomic mass is 9.97. The van der Waals surface area contributed by atoms with Gasteiger partial charge in [0.1, 0.15) is 0 Å².